The molecule has 3 rings (SSSR count). The van der Waals surface area contributed by atoms with Crippen LogP contribution in [0.1, 0.15) is 30.9 Å². The van der Waals surface area contributed by atoms with Gasteiger partial charge in [-0.3, -0.25) is 9.59 Å². The summed E-state index contributed by atoms with van der Waals surface area (Å²) in [5.74, 6) is -0.691. The van der Waals surface area contributed by atoms with Crippen molar-refractivity contribution in [1.29, 1.82) is 5.26 Å². The van der Waals surface area contributed by atoms with E-state index in [1.807, 2.05) is 6.92 Å². The molecule has 0 aliphatic carbocycles. The molecule has 1 aromatic carbocycles. The maximum absolute atomic E-state index is 12.0. The van der Waals surface area contributed by atoms with Crippen LogP contribution in [-0.2, 0) is 14.3 Å². The molecular formula is C22H25BrN6O4. The smallest absolute Gasteiger partial charge is 0.428 e. The van der Waals surface area contributed by atoms with Crippen molar-refractivity contribution in [3.05, 3.63) is 46.0 Å². The van der Waals surface area contributed by atoms with Gasteiger partial charge >= 0.3 is 6.09 Å². The summed E-state index contributed by atoms with van der Waals surface area (Å²) in [5.41, 5.74) is 3.24. The molecule has 3 N–H and O–H groups in total. The van der Waals surface area contributed by atoms with Crippen molar-refractivity contribution in [1.82, 2.24) is 21.0 Å². The number of ether oxygens (including phenoxy) is 1. The Balaban J connectivity index is 1.67. The molecule has 1 spiro atoms. The molecule has 1 atom stereocenters. The predicted octanol–water partition coefficient (Wildman–Crippen LogP) is 1.41. The average Bonchev–Trinajstić information content (AvgIpc) is 2.80. The van der Waals surface area contributed by atoms with Gasteiger partial charge < -0.3 is 20.3 Å². The topological polar surface area (TPSA) is 136 Å². The number of halogens is 1. The Hall–Kier alpha value is -3.23. The van der Waals surface area contributed by atoms with Crippen LogP contribution in [0.25, 0.3) is 0 Å². The lowest BCUT2D eigenvalue weighted by Gasteiger charge is -2.43. The second-order valence-corrected chi connectivity index (χ2v) is 8.77. The van der Waals surface area contributed by atoms with Gasteiger partial charge in [-0.2, -0.15) is 10.4 Å². The normalized spacial score (nSPS) is 18.6. The first-order chi connectivity index (χ1) is 15.8. The largest absolute Gasteiger partial charge is 0.435 e. The number of piperidine rings is 1. The first kappa shape index (κ1) is 24.4. The number of rotatable bonds is 6. The number of carbonyl (C=O) groups excluding carboxylic acids is 3. The molecule has 3 amide bonds. The van der Waals surface area contributed by atoms with Crippen LogP contribution >= 0.6 is 15.9 Å². The molecule has 0 aromatic heterocycles. The number of likely N-dealkylation sites (tertiary alicyclic amines) is 1. The van der Waals surface area contributed by atoms with E-state index in [1.54, 1.807) is 18.2 Å². The van der Waals surface area contributed by atoms with Crippen LogP contribution in [0.15, 0.2) is 39.9 Å². The van der Waals surface area contributed by atoms with Gasteiger partial charge in [0.25, 0.3) is 0 Å². The summed E-state index contributed by atoms with van der Waals surface area (Å²) in [7, 11) is 1.49. The van der Waals surface area contributed by atoms with E-state index in [9.17, 15) is 19.6 Å². The Bertz CT molecular complexity index is 1040. The third-order valence-corrected chi connectivity index (χ3v) is 6.24. The van der Waals surface area contributed by atoms with E-state index in [4.69, 9.17) is 4.74 Å². The van der Waals surface area contributed by atoms with E-state index in [0.29, 0.717) is 49.3 Å². The zero-order valence-electron chi connectivity index (χ0n) is 18.4. The van der Waals surface area contributed by atoms with Crippen molar-refractivity contribution in [3.8, 4) is 6.07 Å². The Morgan fingerprint density at radius 2 is 2.06 bits per heavy atom. The fourth-order valence-electron chi connectivity index (χ4n) is 3.93. The van der Waals surface area contributed by atoms with Gasteiger partial charge in [0.15, 0.2) is 5.60 Å². The minimum atomic E-state index is -0.905. The van der Waals surface area contributed by atoms with Gasteiger partial charge in [-0.25, -0.2) is 10.2 Å². The van der Waals surface area contributed by atoms with Crippen molar-refractivity contribution < 1.29 is 19.1 Å². The molecule has 33 heavy (non-hydrogen) atoms. The fraction of sp³-hybridized carbons (Fsp3) is 0.409. The van der Waals surface area contributed by atoms with Crippen molar-refractivity contribution in [2.75, 3.05) is 26.7 Å². The zero-order valence-corrected chi connectivity index (χ0v) is 19.9. The number of benzene rings is 1. The second-order valence-electron chi connectivity index (χ2n) is 7.92. The molecule has 11 heteroatoms. The molecular weight excluding hydrogens is 492 g/mol. The molecule has 2 aliphatic rings. The monoisotopic (exact) mass is 516 g/mol. The molecule has 0 bridgehead atoms. The summed E-state index contributed by atoms with van der Waals surface area (Å²) in [4.78, 5) is 37.4. The molecule has 174 valence electrons. The molecule has 10 nitrogen and oxygen atoms in total. The average molecular weight is 517 g/mol. The number of nitrogens with one attached hydrogen (secondary N) is 3. The van der Waals surface area contributed by atoms with Gasteiger partial charge in [0.2, 0.25) is 11.8 Å². The van der Waals surface area contributed by atoms with E-state index in [2.05, 4.69) is 48.1 Å². The highest BCUT2D eigenvalue weighted by molar-refractivity contribution is 9.10. The molecule has 2 heterocycles. The summed E-state index contributed by atoms with van der Waals surface area (Å²) in [6.45, 7) is 3.73. The maximum Gasteiger partial charge on any atom is 0.428 e. The zero-order chi connectivity index (χ0) is 24.0. The quantitative estimate of drug-likeness (QED) is 0.489. The number of likely N-dealkylation sites (N-methyl/N-ethyl adjacent to an activating group) is 1. The lowest BCUT2D eigenvalue weighted by Crippen LogP contribution is -2.57. The van der Waals surface area contributed by atoms with Crippen LogP contribution < -0.4 is 16.1 Å². The van der Waals surface area contributed by atoms with Gasteiger partial charge in [-0.05, 0) is 25.1 Å². The standard InChI is InChI=1S/C22H25BrN6O4/c1-14(26-19(31)6-5-18(30)25-2)13-29-9-7-22(8-10-29)20(27-28-21(32)33-22)16-11-15(12-24)3-4-17(16)23/h3-6,11,14H,7-10,13H2,1-2H3,(H,25,30)(H,26,31)(H,28,32)/b6-5+/t14-/m0/s1. The van der Waals surface area contributed by atoms with E-state index in [0.717, 1.165) is 4.47 Å². The lowest BCUT2D eigenvalue weighted by molar-refractivity contribution is -0.119. The van der Waals surface area contributed by atoms with Crippen molar-refractivity contribution in [2.24, 2.45) is 5.10 Å². The number of amides is 3. The van der Waals surface area contributed by atoms with Crippen molar-refractivity contribution >= 4 is 39.5 Å². The van der Waals surface area contributed by atoms with Crippen LogP contribution in [0.5, 0.6) is 0 Å². The SMILES string of the molecule is CNC(=O)/C=C/C(=O)N[C@@H](C)CN1CCC2(CC1)OC(=O)NN=C2c1cc(C#N)ccc1Br. The highest BCUT2D eigenvalue weighted by atomic mass is 79.9. The molecule has 0 unspecified atom stereocenters. The fourth-order valence-corrected chi connectivity index (χ4v) is 4.36. The molecule has 1 saturated heterocycles. The molecule has 1 aromatic rings. The van der Waals surface area contributed by atoms with Crippen LogP contribution in [0.3, 0.4) is 0 Å². The Morgan fingerprint density at radius 3 is 2.73 bits per heavy atom. The van der Waals surface area contributed by atoms with Crippen LogP contribution in [0.2, 0.25) is 0 Å². The minimum Gasteiger partial charge on any atom is -0.435 e. The number of nitriles is 1. The van der Waals surface area contributed by atoms with Gasteiger partial charge in [0, 0.05) is 67.8 Å². The molecule has 0 saturated carbocycles. The van der Waals surface area contributed by atoms with E-state index in [1.165, 1.54) is 19.2 Å². The van der Waals surface area contributed by atoms with Gasteiger partial charge in [-0.1, -0.05) is 15.9 Å². The number of hydrazone groups is 1. The van der Waals surface area contributed by atoms with Crippen molar-refractivity contribution in [3.63, 3.8) is 0 Å². The summed E-state index contributed by atoms with van der Waals surface area (Å²) in [5, 5.41) is 18.8. The van der Waals surface area contributed by atoms with Crippen molar-refractivity contribution in [2.45, 2.75) is 31.4 Å². The lowest BCUT2D eigenvalue weighted by atomic mass is 9.82. The van der Waals surface area contributed by atoms with E-state index >= 15 is 0 Å². The highest BCUT2D eigenvalue weighted by Crippen LogP contribution is 2.35. The Kier molecular flexibility index (Phi) is 7.84. The number of carbonyl (C=O) groups is 3. The second kappa shape index (κ2) is 10.6. The number of hydrogen-bond acceptors (Lipinski definition) is 7. The molecule has 0 radical (unpaired) electrons. The van der Waals surface area contributed by atoms with Gasteiger partial charge in [-0.15, -0.1) is 0 Å². The first-order valence-corrected chi connectivity index (χ1v) is 11.3. The number of hydrogen-bond donors (Lipinski definition) is 3. The first-order valence-electron chi connectivity index (χ1n) is 10.5. The summed E-state index contributed by atoms with van der Waals surface area (Å²) in [6, 6.07) is 7.18. The Labute approximate surface area is 200 Å². The van der Waals surface area contributed by atoms with E-state index < -0.39 is 11.7 Å². The third kappa shape index (κ3) is 5.97. The highest BCUT2D eigenvalue weighted by Gasteiger charge is 2.46. The predicted molar refractivity (Wildman–Crippen MR) is 124 cm³/mol. The minimum absolute atomic E-state index is 0.147. The van der Waals surface area contributed by atoms with Crippen LogP contribution in [-0.4, -0.2) is 66.8 Å². The number of nitrogens with zero attached hydrogens (tertiary/aromatic N) is 3. The summed E-state index contributed by atoms with van der Waals surface area (Å²) in [6.07, 6.45) is 2.80. The van der Waals surface area contributed by atoms with E-state index in [-0.39, 0.29) is 17.9 Å². The third-order valence-electron chi connectivity index (χ3n) is 5.55. The summed E-state index contributed by atoms with van der Waals surface area (Å²) >= 11 is 3.51. The van der Waals surface area contributed by atoms with Gasteiger partial charge in [0.1, 0.15) is 5.71 Å². The van der Waals surface area contributed by atoms with Crippen LogP contribution in [0, 0.1) is 11.3 Å². The van der Waals surface area contributed by atoms with Gasteiger partial charge in [0.05, 0.1) is 11.6 Å². The maximum atomic E-state index is 12.0. The molecule has 1 fully saturated rings. The molecule has 2 aliphatic heterocycles. The summed E-state index contributed by atoms with van der Waals surface area (Å²) < 4.78 is 6.52. The van der Waals surface area contributed by atoms with Crippen LogP contribution in [0.4, 0.5) is 4.79 Å². The Morgan fingerprint density at radius 1 is 1.36 bits per heavy atom.